The number of aryl methyl sites for hydroxylation is 1. The number of anilines is 4. The maximum absolute atomic E-state index is 16.1. The molecule has 0 saturated carbocycles. The Labute approximate surface area is 375 Å². The largest absolute Gasteiger partial charge is 0.447 e. The second-order valence-electron chi connectivity index (χ2n) is 16.9. The third-order valence-electron chi connectivity index (χ3n) is 12.8. The molecule has 4 aliphatic rings. The monoisotopic (exact) mass is 904 g/mol. The highest BCUT2D eigenvalue weighted by Gasteiger charge is 2.62. The van der Waals surface area contributed by atoms with E-state index in [1.807, 2.05) is 41.3 Å². The minimum absolute atomic E-state index is 0.0665. The van der Waals surface area contributed by atoms with Gasteiger partial charge in [0.1, 0.15) is 6.26 Å². The lowest BCUT2D eigenvalue weighted by Crippen LogP contribution is -2.70. The van der Waals surface area contributed by atoms with Crippen LogP contribution in [0.5, 0.6) is 0 Å². The smallest absolute Gasteiger partial charge is 0.328 e. The number of nitrogens with zero attached hydrogens (tertiary/aromatic N) is 9. The van der Waals surface area contributed by atoms with Gasteiger partial charge in [-0.1, -0.05) is 29.8 Å². The molecule has 4 aliphatic heterocycles. The molecule has 0 radical (unpaired) electrons. The lowest BCUT2D eigenvalue weighted by molar-refractivity contribution is -0.220. The Hall–Kier alpha value is -6.99. The number of alkyl halides is 2. The van der Waals surface area contributed by atoms with E-state index in [1.54, 1.807) is 20.2 Å². The molecule has 6 aromatic rings. The Morgan fingerprint density at radius 1 is 0.954 bits per heavy atom. The highest BCUT2D eigenvalue weighted by atomic mass is 35.5. The number of amides is 5. The molecule has 334 valence electrons. The van der Waals surface area contributed by atoms with Gasteiger partial charge in [0.05, 0.1) is 53.0 Å². The molecule has 4 aromatic heterocycles. The highest BCUT2D eigenvalue weighted by Crippen LogP contribution is 2.51. The van der Waals surface area contributed by atoms with E-state index >= 15 is 8.78 Å². The van der Waals surface area contributed by atoms with Crippen LogP contribution >= 0.6 is 11.6 Å². The second kappa shape index (κ2) is 16.2. The van der Waals surface area contributed by atoms with E-state index in [0.29, 0.717) is 41.7 Å². The van der Waals surface area contributed by atoms with Crippen LogP contribution in [-0.2, 0) is 24.3 Å². The average molecular weight is 905 g/mol. The number of nitrogens with one attached hydrogen (secondary N) is 3. The number of hydrogen-bond acceptors (Lipinski definition) is 12. The van der Waals surface area contributed by atoms with E-state index < -0.39 is 35.7 Å². The van der Waals surface area contributed by atoms with Gasteiger partial charge < -0.3 is 24.9 Å². The fraction of sp³-hybridized carbons (Fsp3) is 0.333. The van der Waals surface area contributed by atoms with Crippen molar-refractivity contribution in [1.29, 1.82) is 0 Å². The molecule has 0 aliphatic carbocycles. The van der Waals surface area contributed by atoms with Gasteiger partial charge in [-0.25, -0.2) is 28.1 Å². The van der Waals surface area contributed by atoms with Crippen molar-refractivity contribution in [3.63, 3.8) is 0 Å². The summed E-state index contributed by atoms with van der Waals surface area (Å²) in [6.45, 7) is 2.76. The molecule has 3 N–H and O–H groups in total. The molecule has 17 nitrogen and oxygen atoms in total. The minimum atomic E-state index is -3.14. The number of pyridine rings is 1. The van der Waals surface area contributed by atoms with Crippen molar-refractivity contribution in [2.75, 3.05) is 61.4 Å². The van der Waals surface area contributed by atoms with Crippen molar-refractivity contribution in [3.05, 3.63) is 112 Å². The number of carbonyl (C=O) groups is 4. The molecule has 65 heavy (non-hydrogen) atoms. The molecular formula is C45H43ClF2N12O5. The van der Waals surface area contributed by atoms with E-state index in [-0.39, 0.29) is 73.4 Å². The van der Waals surface area contributed by atoms with Crippen LogP contribution in [0.25, 0.3) is 16.9 Å². The van der Waals surface area contributed by atoms with Gasteiger partial charge >= 0.3 is 6.03 Å². The van der Waals surface area contributed by atoms with Crippen molar-refractivity contribution < 1.29 is 32.4 Å². The molecular weight excluding hydrogens is 862 g/mol. The molecule has 10 rings (SSSR count). The van der Waals surface area contributed by atoms with Crippen LogP contribution in [0.3, 0.4) is 0 Å². The molecule has 3 fully saturated rings. The van der Waals surface area contributed by atoms with Gasteiger partial charge in [0, 0.05) is 81.8 Å². The topological polar surface area (TPSA) is 186 Å². The first-order valence-corrected chi connectivity index (χ1v) is 21.6. The number of oxazole rings is 1. The van der Waals surface area contributed by atoms with Gasteiger partial charge in [-0.2, -0.15) is 0 Å². The van der Waals surface area contributed by atoms with Gasteiger partial charge in [0.25, 0.3) is 17.7 Å². The Balaban J connectivity index is 0.791. The first-order valence-electron chi connectivity index (χ1n) is 21.2. The van der Waals surface area contributed by atoms with Crippen molar-refractivity contribution >= 4 is 63.9 Å². The second-order valence-corrected chi connectivity index (χ2v) is 17.3. The summed E-state index contributed by atoms with van der Waals surface area (Å²) in [7, 11) is 1.79. The fourth-order valence-electron chi connectivity index (χ4n) is 9.41. The number of imidazole rings is 1. The first-order chi connectivity index (χ1) is 31.3. The summed E-state index contributed by atoms with van der Waals surface area (Å²) in [5.74, 6) is -3.49. The van der Waals surface area contributed by atoms with Crippen LogP contribution in [0.2, 0.25) is 5.02 Å². The summed E-state index contributed by atoms with van der Waals surface area (Å²) in [6.07, 6.45) is 7.16. The van der Waals surface area contributed by atoms with E-state index in [1.165, 1.54) is 45.1 Å². The number of fused-ring (bicyclic) bond motifs is 2. The van der Waals surface area contributed by atoms with Gasteiger partial charge in [0.2, 0.25) is 11.8 Å². The number of aromatic nitrogens is 5. The summed E-state index contributed by atoms with van der Waals surface area (Å²) in [5, 5.41) is 13.3. The predicted octanol–water partition coefficient (Wildman–Crippen LogP) is 5.84. The third kappa shape index (κ3) is 7.47. The molecule has 0 bridgehead atoms. The van der Waals surface area contributed by atoms with Crippen LogP contribution in [0.1, 0.15) is 56.3 Å². The van der Waals surface area contributed by atoms with Crippen LogP contribution < -0.4 is 25.8 Å². The van der Waals surface area contributed by atoms with Crippen LogP contribution in [-0.4, -0.2) is 110 Å². The lowest BCUT2D eigenvalue weighted by Gasteiger charge is -2.57. The summed E-state index contributed by atoms with van der Waals surface area (Å²) < 4.78 is 38.9. The number of benzene rings is 2. The quantitative estimate of drug-likeness (QED) is 0.150. The number of urea groups is 1. The Kier molecular flexibility index (Phi) is 10.5. The number of rotatable bonds is 10. The molecule has 8 heterocycles. The average Bonchev–Trinajstić information content (AvgIpc) is 4.07. The summed E-state index contributed by atoms with van der Waals surface area (Å²) in [5.41, 5.74) is 5.83. The zero-order valence-electron chi connectivity index (χ0n) is 35.4. The zero-order valence-corrected chi connectivity index (χ0v) is 36.2. The van der Waals surface area contributed by atoms with Crippen LogP contribution in [0, 0.1) is 12.3 Å². The van der Waals surface area contributed by atoms with E-state index in [0.717, 1.165) is 34.5 Å². The molecule has 0 unspecified atom stereocenters. The van der Waals surface area contributed by atoms with Crippen LogP contribution in [0.15, 0.2) is 77.8 Å². The van der Waals surface area contributed by atoms with Gasteiger partial charge in [-0.05, 0) is 60.7 Å². The summed E-state index contributed by atoms with van der Waals surface area (Å²) in [4.78, 5) is 71.1. The van der Waals surface area contributed by atoms with Gasteiger partial charge in [-0.15, -0.1) is 5.10 Å². The maximum Gasteiger partial charge on any atom is 0.328 e. The normalized spacial score (nSPS) is 17.9. The minimum Gasteiger partial charge on any atom is -0.447 e. The Morgan fingerprint density at radius 3 is 2.52 bits per heavy atom. The number of likely N-dealkylation sites (tertiary alicyclic amines) is 2. The molecule has 20 heteroatoms. The Morgan fingerprint density at radius 2 is 1.78 bits per heavy atom. The van der Waals surface area contributed by atoms with E-state index in [2.05, 4.69) is 30.8 Å². The fourth-order valence-corrected chi connectivity index (χ4v) is 9.62. The number of hydrogen-bond donors (Lipinski definition) is 3. The lowest BCUT2D eigenvalue weighted by atomic mass is 9.69. The first kappa shape index (κ1) is 42.0. The number of imide groups is 1. The van der Waals surface area contributed by atoms with Crippen molar-refractivity contribution in [2.45, 2.75) is 45.2 Å². The van der Waals surface area contributed by atoms with Crippen LogP contribution in [0.4, 0.5) is 36.5 Å². The van der Waals surface area contributed by atoms with Gasteiger partial charge in [-0.3, -0.25) is 34.5 Å². The maximum atomic E-state index is 16.1. The number of halogens is 3. The molecule has 1 spiro atoms. The number of carbonyl (C=O) groups excluding carboxylic acids is 4. The molecule has 2 aromatic carbocycles. The molecule has 3 saturated heterocycles. The van der Waals surface area contributed by atoms with Gasteiger partial charge in [0.15, 0.2) is 17.2 Å². The number of piperidine rings is 1. The molecule has 5 amide bonds. The van der Waals surface area contributed by atoms with Crippen molar-refractivity contribution in [3.8, 4) is 11.3 Å². The van der Waals surface area contributed by atoms with Crippen molar-refractivity contribution in [2.24, 2.45) is 5.41 Å². The Bertz CT molecular complexity index is 2880. The SMILES string of the molecule is CNc1cc(N2CCc3c(-c4ccc(CN5CC6(CCN(C(=O)c7cc(C)c(Cl)c(N8CCC(=O)NC8=O)c7)CC6(F)F)C5)cn4)cccc32)nn2c(C(=O)NCc3ncco3)cnc12. The third-order valence-corrected chi connectivity index (χ3v) is 13.3. The molecule has 0 atom stereocenters. The standard InChI is InChI=1S/C45H43ClF2N12O5/c1-26-16-28(17-34(39(26)46)59-13-9-37(61)54-43(59)64)42(63)57-14-10-44(45(47,48)25-57)23-56(24-44)22-27-6-7-31(51-19-27)29-4-3-5-33-30(29)8-12-58(33)36-18-32(49-2)40-52-20-35(60(40)55-36)41(62)53-21-38-50-11-15-65-38/h3-7,11,15-20,49H,8-10,12-14,21-25H2,1-2H3,(H,53,62)(H,54,61,64). The summed E-state index contributed by atoms with van der Waals surface area (Å²) in [6, 6.07) is 14.2. The van der Waals surface area contributed by atoms with E-state index in [9.17, 15) is 19.2 Å². The highest BCUT2D eigenvalue weighted by molar-refractivity contribution is 6.35. The predicted molar refractivity (Wildman–Crippen MR) is 235 cm³/mol. The zero-order chi connectivity index (χ0) is 45.2. The van der Waals surface area contributed by atoms with E-state index in [4.69, 9.17) is 26.1 Å². The summed E-state index contributed by atoms with van der Waals surface area (Å²) >= 11 is 6.52. The van der Waals surface area contributed by atoms with Crippen molar-refractivity contribution in [1.82, 2.24) is 45.0 Å².